The average molecular weight is 281 g/mol. The molecule has 1 aromatic carbocycles. The maximum absolute atomic E-state index is 11.7. The van der Waals surface area contributed by atoms with E-state index in [9.17, 15) is 9.59 Å². The number of ether oxygens (including phenoxy) is 2. The lowest BCUT2D eigenvalue weighted by atomic mass is 10.1. The second-order valence-corrected chi connectivity index (χ2v) is 4.18. The summed E-state index contributed by atoms with van der Waals surface area (Å²) in [6.07, 6.45) is -0.234. The van der Waals surface area contributed by atoms with Crippen molar-refractivity contribution in [3.63, 3.8) is 0 Å². The number of nitrogens with one attached hydrogen (secondary N) is 1. The summed E-state index contributed by atoms with van der Waals surface area (Å²) in [6.45, 7) is -0.0450. The molecule has 0 aliphatic rings. The molecule has 0 aliphatic carbocycles. The molecule has 1 aromatic rings. The first kappa shape index (κ1) is 16.0. The predicted molar refractivity (Wildman–Crippen MR) is 72.8 cm³/mol. The third-order valence-corrected chi connectivity index (χ3v) is 2.86. The molecule has 1 unspecified atom stereocenters. The Kier molecular flexibility index (Phi) is 6.52. The van der Waals surface area contributed by atoms with Crippen molar-refractivity contribution in [2.75, 3.05) is 20.8 Å². The second-order valence-electron chi connectivity index (χ2n) is 4.18. The molecule has 0 saturated carbocycles. The van der Waals surface area contributed by atoms with Gasteiger partial charge in [-0.1, -0.05) is 18.2 Å². The van der Waals surface area contributed by atoms with Gasteiger partial charge in [0, 0.05) is 13.5 Å². The minimum Gasteiger partial charge on any atom is -0.496 e. The third kappa shape index (κ3) is 4.89. The van der Waals surface area contributed by atoms with Crippen LogP contribution in [0.1, 0.15) is 12.0 Å². The molecule has 2 N–H and O–H groups in total. The van der Waals surface area contributed by atoms with Crippen LogP contribution in [0, 0.1) is 0 Å². The van der Waals surface area contributed by atoms with Gasteiger partial charge in [0.05, 0.1) is 13.7 Å². The van der Waals surface area contributed by atoms with Gasteiger partial charge in [-0.05, 0) is 18.1 Å². The Labute approximate surface area is 117 Å². The highest BCUT2D eigenvalue weighted by atomic mass is 16.5. The number of aryl methyl sites for hydroxylation is 1. The van der Waals surface area contributed by atoms with Crippen LogP contribution >= 0.6 is 0 Å². The molecule has 0 radical (unpaired) electrons. The fourth-order valence-electron chi connectivity index (χ4n) is 1.72. The standard InChI is InChI=1S/C14H19NO5/c1-19-11-6-4-3-5-10(11)7-8-13(16)15-9-12(20-2)14(17)18/h3-6,12H,7-9H2,1-2H3,(H,15,16)(H,17,18). The van der Waals surface area contributed by atoms with Crippen LogP contribution in [0.15, 0.2) is 24.3 Å². The van der Waals surface area contributed by atoms with Crippen molar-refractivity contribution in [2.45, 2.75) is 18.9 Å². The number of rotatable bonds is 8. The monoisotopic (exact) mass is 281 g/mol. The van der Waals surface area contributed by atoms with Crippen LogP contribution < -0.4 is 10.1 Å². The summed E-state index contributed by atoms with van der Waals surface area (Å²) in [6, 6.07) is 7.46. The van der Waals surface area contributed by atoms with Crippen LogP contribution in [0.4, 0.5) is 0 Å². The predicted octanol–water partition coefficient (Wildman–Crippen LogP) is 0.844. The van der Waals surface area contributed by atoms with E-state index in [4.69, 9.17) is 14.6 Å². The zero-order chi connectivity index (χ0) is 15.0. The van der Waals surface area contributed by atoms with E-state index in [1.165, 1.54) is 7.11 Å². The molecule has 0 bridgehead atoms. The molecule has 0 spiro atoms. The van der Waals surface area contributed by atoms with Gasteiger partial charge >= 0.3 is 5.97 Å². The molecule has 110 valence electrons. The highest BCUT2D eigenvalue weighted by molar-refractivity contribution is 5.78. The van der Waals surface area contributed by atoms with Crippen LogP contribution in [0.2, 0.25) is 0 Å². The van der Waals surface area contributed by atoms with Crippen molar-refractivity contribution in [1.82, 2.24) is 5.32 Å². The Morgan fingerprint density at radius 3 is 2.60 bits per heavy atom. The molecular formula is C14H19NO5. The topological polar surface area (TPSA) is 84.9 Å². The molecule has 6 heteroatoms. The Bertz CT molecular complexity index is 461. The Hall–Kier alpha value is -2.08. The quantitative estimate of drug-likeness (QED) is 0.737. The van der Waals surface area contributed by atoms with Gasteiger partial charge in [-0.15, -0.1) is 0 Å². The molecule has 1 amide bonds. The molecule has 20 heavy (non-hydrogen) atoms. The van der Waals surface area contributed by atoms with Crippen LogP contribution in [-0.2, 0) is 20.7 Å². The Morgan fingerprint density at radius 2 is 2.00 bits per heavy atom. The van der Waals surface area contributed by atoms with Crippen LogP contribution in [0.5, 0.6) is 5.75 Å². The normalized spacial score (nSPS) is 11.7. The van der Waals surface area contributed by atoms with Gasteiger partial charge in [0.2, 0.25) is 5.91 Å². The second kappa shape index (κ2) is 8.16. The van der Waals surface area contributed by atoms with Crippen LogP contribution in [-0.4, -0.2) is 43.9 Å². The van der Waals surface area contributed by atoms with E-state index in [-0.39, 0.29) is 18.9 Å². The lowest BCUT2D eigenvalue weighted by molar-refractivity contribution is -0.148. The number of aliphatic carboxylic acids is 1. The van der Waals surface area contributed by atoms with Gasteiger partial charge in [0.15, 0.2) is 6.10 Å². The van der Waals surface area contributed by atoms with E-state index in [1.54, 1.807) is 7.11 Å². The molecular weight excluding hydrogens is 262 g/mol. The van der Waals surface area contributed by atoms with E-state index in [2.05, 4.69) is 5.32 Å². The fraction of sp³-hybridized carbons (Fsp3) is 0.429. The van der Waals surface area contributed by atoms with E-state index in [0.717, 1.165) is 11.3 Å². The number of benzene rings is 1. The summed E-state index contributed by atoms with van der Waals surface area (Å²) in [4.78, 5) is 22.4. The molecule has 0 heterocycles. The van der Waals surface area contributed by atoms with Crippen LogP contribution in [0.25, 0.3) is 0 Å². The average Bonchev–Trinajstić information content (AvgIpc) is 2.45. The molecule has 0 aliphatic heterocycles. The van der Waals surface area contributed by atoms with Crippen molar-refractivity contribution >= 4 is 11.9 Å². The number of carboxylic acids is 1. The maximum atomic E-state index is 11.7. The summed E-state index contributed by atoms with van der Waals surface area (Å²) < 4.78 is 9.92. The molecule has 1 rings (SSSR count). The summed E-state index contributed by atoms with van der Waals surface area (Å²) in [7, 11) is 2.87. The van der Waals surface area contributed by atoms with Gasteiger partial charge in [-0.25, -0.2) is 4.79 Å². The molecule has 0 fully saturated rings. The first-order valence-electron chi connectivity index (χ1n) is 6.22. The summed E-state index contributed by atoms with van der Waals surface area (Å²) in [5.74, 6) is -0.586. The molecule has 6 nitrogen and oxygen atoms in total. The van der Waals surface area contributed by atoms with E-state index < -0.39 is 12.1 Å². The third-order valence-electron chi connectivity index (χ3n) is 2.86. The number of carbonyl (C=O) groups is 2. The van der Waals surface area contributed by atoms with E-state index in [1.807, 2.05) is 24.3 Å². The minimum absolute atomic E-state index is 0.0450. The van der Waals surface area contributed by atoms with Crippen LogP contribution in [0.3, 0.4) is 0 Å². The number of carbonyl (C=O) groups excluding carboxylic acids is 1. The number of carboxylic acid groups (broad SMARTS) is 1. The molecule has 0 saturated heterocycles. The van der Waals surface area contributed by atoms with E-state index >= 15 is 0 Å². The van der Waals surface area contributed by atoms with Crippen molar-refractivity contribution < 1.29 is 24.2 Å². The zero-order valence-corrected chi connectivity index (χ0v) is 11.6. The molecule has 1 atom stereocenters. The van der Waals surface area contributed by atoms with Crippen molar-refractivity contribution in [1.29, 1.82) is 0 Å². The van der Waals surface area contributed by atoms with Gasteiger partial charge in [0.25, 0.3) is 0 Å². The smallest absolute Gasteiger partial charge is 0.334 e. The zero-order valence-electron chi connectivity index (χ0n) is 11.6. The van der Waals surface area contributed by atoms with Crippen molar-refractivity contribution in [3.8, 4) is 5.75 Å². The highest BCUT2D eigenvalue weighted by Gasteiger charge is 2.17. The Morgan fingerprint density at radius 1 is 1.30 bits per heavy atom. The SMILES string of the molecule is COc1ccccc1CCC(=O)NCC(OC)C(=O)O. The number of para-hydroxylation sites is 1. The minimum atomic E-state index is -1.10. The Balaban J connectivity index is 2.42. The van der Waals surface area contributed by atoms with Crippen molar-refractivity contribution in [3.05, 3.63) is 29.8 Å². The van der Waals surface area contributed by atoms with Gasteiger partial charge in [-0.2, -0.15) is 0 Å². The van der Waals surface area contributed by atoms with Gasteiger partial charge < -0.3 is 19.9 Å². The van der Waals surface area contributed by atoms with Gasteiger partial charge in [-0.3, -0.25) is 4.79 Å². The summed E-state index contributed by atoms with van der Waals surface area (Å²) in [5, 5.41) is 11.3. The van der Waals surface area contributed by atoms with Gasteiger partial charge in [0.1, 0.15) is 5.75 Å². The summed E-state index contributed by atoms with van der Waals surface area (Å²) >= 11 is 0. The highest BCUT2D eigenvalue weighted by Crippen LogP contribution is 2.18. The number of hydrogen-bond donors (Lipinski definition) is 2. The first-order chi connectivity index (χ1) is 9.58. The maximum Gasteiger partial charge on any atom is 0.334 e. The molecule has 0 aromatic heterocycles. The lowest BCUT2D eigenvalue weighted by Gasteiger charge is -2.12. The lowest BCUT2D eigenvalue weighted by Crippen LogP contribution is -2.37. The number of hydrogen-bond acceptors (Lipinski definition) is 4. The van der Waals surface area contributed by atoms with E-state index in [0.29, 0.717) is 6.42 Å². The number of amides is 1. The van der Waals surface area contributed by atoms with Crippen molar-refractivity contribution in [2.24, 2.45) is 0 Å². The summed E-state index contributed by atoms with van der Waals surface area (Å²) in [5.41, 5.74) is 0.937. The number of methoxy groups -OCH3 is 2. The largest absolute Gasteiger partial charge is 0.496 e. The first-order valence-corrected chi connectivity index (χ1v) is 6.22. The fourth-order valence-corrected chi connectivity index (χ4v) is 1.72.